The summed E-state index contributed by atoms with van der Waals surface area (Å²) in [6, 6.07) is 11.9. The van der Waals surface area contributed by atoms with Gasteiger partial charge in [0.1, 0.15) is 0 Å². The molecule has 0 aromatic heterocycles. The van der Waals surface area contributed by atoms with E-state index in [2.05, 4.69) is 4.72 Å². The van der Waals surface area contributed by atoms with Gasteiger partial charge in [0.25, 0.3) is 10.0 Å². The van der Waals surface area contributed by atoms with Crippen molar-refractivity contribution < 1.29 is 18.0 Å². The third kappa shape index (κ3) is 3.59. The lowest BCUT2D eigenvalue weighted by Gasteiger charge is -2.09. The zero-order valence-corrected chi connectivity index (χ0v) is 13.0. The lowest BCUT2D eigenvalue weighted by Crippen LogP contribution is -2.13. The second kappa shape index (κ2) is 6.11. The van der Waals surface area contributed by atoms with Gasteiger partial charge in [-0.3, -0.25) is 14.3 Å². The van der Waals surface area contributed by atoms with Gasteiger partial charge in [0, 0.05) is 16.8 Å². The van der Waals surface area contributed by atoms with E-state index in [0.29, 0.717) is 16.8 Å². The smallest absolute Gasteiger partial charge is 0.261 e. The molecule has 0 atom stereocenters. The van der Waals surface area contributed by atoms with Crippen LogP contribution < -0.4 is 4.72 Å². The van der Waals surface area contributed by atoms with Gasteiger partial charge in [-0.25, -0.2) is 8.42 Å². The number of Topliss-reactive ketones (excluding diaryl/α,β-unsaturated/α-hetero) is 2. The van der Waals surface area contributed by atoms with E-state index in [0.717, 1.165) is 0 Å². The Morgan fingerprint density at radius 2 is 1.18 bits per heavy atom. The predicted molar refractivity (Wildman–Crippen MR) is 83.7 cm³/mol. The molecule has 0 heterocycles. The molecular formula is C16H15NO4S. The zero-order chi connectivity index (χ0) is 16.3. The van der Waals surface area contributed by atoms with Gasteiger partial charge in [0.05, 0.1) is 4.90 Å². The maximum Gasteiger partial charge on any atom is 0.261 e. The largest absolute Gasteiger partial charge is 0.295 e. The van der Waals surface area contributed by atoms with Crippen LogP contribution in [-0.4, -0.2) is 20.0 Å². The summed E-state index contributed by atoms with van der Waals surface area (Å²) in [5, 5.41) is 0. The maximum atomic E-state index is 12.2. The first-order valence-electron chi connectivity index (χ1n) is 6.54. The lowest BCUT2D eigenvalue weighted by molar-refractivity contribution is 0.100. The van der Waals surface area contributed by atoms with Crippen LogP contribution in [0.5, 0.6) is 0 Å². The summed E-state index contributed by atoms with van der Waals surface area (Å²) in [5.41, 5.74) is 1.32. The first-order chi connectivity index (χ1) is 10.3. The number of nitrogens with one attached hydrogen (secondary N) is 1. The lowest BCUT2D eigenvalue weighted by atomic mass is 10.1. The number of benzene rings is 2. The summed E-state index contributed by atoms with van der Waals surface area (Å²) in [6.07, 6.45) is 0. The molecule has 22 heavy (non-hydrogen) atoms. The Hall–Kier alpha value is -2.47. The van der Waals surface area contributed by atoms with Crippen LogP contribution in [0.25, 0.3) is 0 Å². The van der Waals surface area contributed by atoms with E-state index in [1.807, 2.05) is 0 Å². The van der Waals surface area contributed by atoms with Crippen molar-refractivity contribution in [2.24, 2.45) is 0 Å². The van der Waals surface area contributed by atoms with Gasteiger partial charge in [-0.15, -0.1) is 0 Å². The van der Waals surface area contributed by atoms with Crippen LogP contribution in [0.2, 0.25) is 0 Å². The van der Waals surface area contributed by atoms with E-state index in [-0.39, 0.29) is 16.5 Å². The molecule has 114 valence electrons. The second-order valence-electron chi connectivity index (χ2n) is 4.82. The highest BCUT2D eigenvalue weighted by Gasteiger charge is 2.14. The molecule has 0 bridgehead atoms. The minimum absolute atomic E-state index is 0.0631. The second-order valence-corrected chi connectivity index (χ2v) is 6.50. The summed E-state index contributed by atoms with van der Waals surface area (Å²) < 4.78 is 26.9. The molecule has 0 unspecified atom stereocenters. The van der Waals surface area contributed by atoms with Crippen molar-refractivity contribution in [3.05, 3.63) is 59.7 Å². The monoisotopic (exact) mass is 317 g/mol. The molecular weight excluding hydrogens is 302 g/mol. The number of hydrogen-bond acceptors (Lipinski definition) is 4. The molecule has 0 aliphatic heterocycles. The maximum absolute atomic E-state index is 12.2. The van der Waals surface area contributed by atoms with Crippen LogP contribution in [0.1, 0.15) is 34.6 Å². The molecule has 0 amide bonds. The van der Waals surface area contributed by atoms with E-state index in [9.17, 15) is 18.0 Å². The van der Waals surface area contributed by atoms with E-state index < -0.39 is 10.0 Å². The third-order valence-electron chi connectivity index (χ3n) is 3.11. The molecule has 0 saturated heterocycles. The number of ketones is 2. The minimum Gasteiger partial charge on any atom is -0.295 e. The van der Waals surface area contributed by atoms with Gasteiger partial charge in [-0.2, -0.15) is 0 Å². The average Bonchev–Trinajstić information content (AvgIpc) is 2.47. The number of hydrogen-bond donors (Lipinski definition) is 1. The van der Waals surface area contributed by atoms with Crippen molar-refractivity contribution in [1.82, 2.24) is 0 Å². The van der Waals surface area contributed by atoms with Gasteiger partial charge in [-0.1, -0.05) is 12.1 Å². The molecule has 1 N–H and O–H groups in total. The Labute approximate surface area is 129 Å². The first kappa shape index (κ1) is 15.9. The SMILES string of the molecule is CC(=O)c1ccc(NS(=O)(=O)c2ccc(C(C)=O)cc2)cc1. The van der Waals surface area contributed by atoms with Crippen molar-refractivity contribution in [3.8, 4) is 0 Å². The average molecular weight is 317 g/mol. The van der Waals surface area contributed by atoms with Crippen LogP contribution in [0.4, 0.5) is 5.69 Å². The van der Waals surface area contributed by atoms with Crippen molar-refractivity contribution in [1.29, 1.82) is 0 Å². The fraction of sp³-hybridized carbons (Fsp3) is 0.125. The zero-order valence-electron chi connectivity index (χ0n) is 12.2. The molecule has 2 aromatic carbocycles. The van der Waals surface area contributed by atoms with E-state index in [4.69, 9.17) is 0 Å². The number of sulfonamides is 1. The highest BCUT2D eigenvalue weighted by Crippen LogP contribution is 2.17. The Morgan fingerprint density at radius 3 is 1.59 bits per heavy atom. The molecule has 2 aromatic rings. The van der Waals surface area contributed by atoms with Crippen molar-refractivity contribution in [2.45, 2.75) is 18.7 Å². The van der Waals surface area contributed by atoms with Crippen LogP contribution in [0.15, 0.2) is 53.4 Å². The summed E-state index contributed by atoms with van der Waals surface area (Å²) in [5.74, 6) is -0.217. The van der Waals surface area contributed by atoms with Gasteiger partial charge in [0.15, 0.2) is 11.6 Å². The van der Waals surface area contributed by atoms with Gasteiger partial charge in [0.2, 0.25) is 0 Å². The highest BCUT2D eigenvalue weighted by atomic mass is 32.2. The van der Waals surface area contributed by atoms with E-state index in [1.165, 1.54) is 50.2 Å². The topological polar surface area (TPSA) is 80.3 Å². The van der Waals surface area contributed by atoms with Gasteiger partial charge >= 0.3 is 0 Å². The van der Waals surface area contributed by atoms with Crippen LogP contribution >= 0.6 is 0 Å². The number of carbonyl (C=O) groups excluding carboxylic acids is 2. The molecule has 5 nitrogen and oxygen atoms in total. The highest BCUT2D eigenvalue weighted by molar-refractivity contribution is 7.92. The standard InChI is InChI=1S/C16H15NO4S/c1-11(18)13-3-7-15(8-4-13)17-22(20,21)16-9-5-14(6-10-16)12(2)19/h3-10,17H,1-2H3. The summed E-state index contributed by atoms with van der Waals surface area (Å²) in [4.78, 5) is 22.4. The molecule has 0 aliphatic carbocycles. The molecule has 0 spiro atoms. The van der Waals surface area contributed by atoms with Crippen molar-refractivity contribution in [3.63, 3.8) is 0 Å². The number of anilines is 1. The molecule has 0 radical (unpaired) electrons. The summed E-state index contributed by atoms with van der Waals surface area (Å²) in [7, 11) is -3.74. The minimum atomic E-state index is -3.74. The fourth-order valence-corrected chi connectivity index (χ4v) is 2.91. The van der Waals surface area contributed by atoms with Gasteiger partial charge < -0.3 is 0 Å². The molecule has 6 heteroatoms. The molecule has 2 rings (SSSR count). The number of rotatable bonds is 5. The normalized spacial score (nSPS) is 11.0. The van der Waals surface area contributed by atoms with Crippen LogP contribution in [-0.2, 0) is 10.0 Å². The van der Waals surface area contributed by atoms with Gasteiger partial charge in [-0.05, 0) is 50.2 Å². The van der Waals surface area contributed by atoms with E-state index >= 15 is 0 Å². The Kier molecular flexibility index (Phi) is 4.42. The van der Waals surface area contributed by atoms with Crippen molar-refractivity contribution >= 4 is 27.3 Å². The Bertz CT molecular complexity index is 806. The molecule has 0 fully saturated rings. The van der Waals surface area contributed by atoms with Crippen LogP contribution in [0.3, 0.4) is 0 Å². The first-order valence-corrected chi connectivity index (χ1v) is 8.03. The van der Waals surface area contributed by atoms with Crippen LogP contribution in [0, 0.1) is 0 Å². The Balaban J connectivity index is 2.23. The quantitative estimate of drug-likeness (QED) is 0.860. The third-order valence-corrected chi connectivity index (χ3v) is 4.51. The summed E-state index contributed by atoms with van der Waals surface area (Å²) >= 11 is 0. The van der Waals surface area contributed by atoms with E-state index in [1.54, 1.807) is 12.1 Å². The molecule has 0 saturated carbocycles. The molecule has 0 aliphatic rings. The Morgan fingerprint density at radius 1 is 0.773 bits per heavy atom. The fourth-order valence-electron chi connectivity index (χ4n) is 1.86. The number of carbonyl (C=O) groups is 2. The van der Waals surface area contributed by atoms with Crippen molar-refractivity contribution in [2.75, 3.05) is 4.72 Å². The predicted octanol–water partition coefficient (Wildman–Crippen LogP) is 2.89. The summed E-state index contributed by atoms with van der Waals surface area (Å²) in [6.45, 7) is 2.86.